The summed E-state index contributed by atoms with van der Waals surface area (Å²) in [5.74, 6) is 0.896. The van der Waals surface area contributed by atoms with E-state index in [2.05, 4.69) is 59.0 Å². The number of benzene rings is 2. The number of anilines is 2. The van der Waals surface area contributed by atoms with Crippen molar-refractivity contribution in [1.82, 2.24) is 9.55 Å². The standard InChI is InChI=1S/C16H17N3/c1-3-19-15-7-5-4-6-14(15)18-16(19)17-13-10-8-12(2)9-11-13/h4-11H,3H2,1-2H3,(H,17,18). The molecule has 2 aromatic carbocycles. The predicted molar refractivity (Wildman–Crippen MR) is 79.9 cm³/mol. The van der Waals surface area contributed by atoms with Crippen molar-refractivity contribution < 1.29 is 0 Å². The van der Waals surface area contributed by atoms with E-state index in [0.29, 0.717) is 0 Å². The third-order valence-electron chi connectivity index (χ3n) is 3.28. The van der Waals surface area contributed by atoms with E-state index in [-0.39, 0.29) is 0 Å². The molecule has 1 N–H and O–H groups in total. The van der Waals surface area contributed by atoms with Gasteiger partial charge in [0.1, 0.15) is 0 Å². The maximum atomic E-state index is 4.65. The first-order valence-corrected chi connectivity index (χ1v) is 6.57. The zero-order valence-corrected chi connectivity index (χ0v) is 11.2. The molecule has 0 atom stereocenters. The van der Waals surface area contributed by atoms with Crippen molar-refractivity contribution in [2.24, 2.45) is 0 Å². The van der Waals surface area contributed by atoms with Crippen LogP contribution in [0.25, 0.3) is 11.0 Å². The minimum atomic E-state index is 0.896. The molecule has 0 aliphatic carbocycles. The van der Waals surface area contributed by atoms with Crippen molar-refractivity contribution in [3.63, 3.8) is 0 Å². The smallest absolute Gasteiger partial charge is 0.208 e. The highest BCUT2D eigenvalue weighted by Gasteiger charge is 2.08. The molecule has 0 amide bonds. The minimum Gasteiger partial charge on any atom is -0.326 e. The fourth-order valence-electron chi connectivity index (χ4n) is 2.26. The van der Waals surface area contributed by atoms with Gasteiger partial charge >= 0.3 is 0 Å². The van der Waals surface area contributed by atoms with Gasteiger partial charge in [-0.2, -0.15) is 0 Å². The van der Waals surface area contributed by atoms with Crippen LogP contribution in [0.4, 0.5) is 11.6 Å². The third-order valence-corrected chi connectivity index (χ3v) is 3.28. The second-order valence-corrected chi connectivity index (χ2v) is 4.66. The summed E-state index contributed by atoms with van der Waals surface area (Å²) in [6.45, 7) is 5.12. The third kappa shape index (κ3) is 2.19. The van der Waals surface area contributed by atoms with Gasteiger partial charge in [-0.25, -0.2) is 4.98 Å². The first-order chi connectivity index (χ1) is 9.28. The molecule has 0 bridgehead atoms. The molecule has 19 heavy (non-hydrogen) atoms. The molecular formula is C16H17N3. The lowest BCUT2D eigenvalue weighted by Gasteiger charge is -2.08. The van der Waals surface area contributed by atoms with E-state index < -0.39 is 0 Å². The lowest BCUT2D eigenvalue weighted by Crippen LogP contribution is -2.01. The highest BCUT2D eigenvalue weighted by Crippen LogP contribution is 2.22. The monoisotopic (exact) mass is 251 g/mol. The van der Waals surface area contributed by atoms with Gasteiger partial charge < -0.3 is 9.88 Å². The molecule has 3 rings (SSSR count). The fraction of sp³-hybridized carbons (Fsp3) is 0.188. The van der Waals surface area contributed by atoms with Crippen LogP contribution in [0.1, 0.15) is 12.5 Å². The van der Waals surface area contributed by atoms with Crippen molar-refractivity contribution >= 4 is 22.7 Å². The van der Waals surface area contributed by atoms with Crippen molar-refractivity contribution in [2.45, 2.75) is 20.4 Å². The van der Waals surface area contributed by atoms with Crippen LogP contribution in [0.5, 0.6) is 0 Å². The Morgan fingerprint density at radius 2 is 1.79 bits per heavy atom. The number of fused-ring (bicyclic) bond motifs is 1. The Morgan fingerprint density at radius 3 is 2.53 bits per heavy atom. The topological polar surface area (TPSA) is 29.9 Å². The lowest BCUT2D eigenvalue weighted by molar-refractivity contribution is 0.797. The molecule has 0 saturated carbocycles. The van der Waals surface area contributed by atoms with Gasteiger partial charge in [0.2, 0.25) is 5.95 Å². The Kier molecular flexibility index (Phi) is 2.95. The van der Waals surface area contributed by atoms with E-state index in [0.717, 1.165) is 23.7 Å². The molecule has 3 aromatic rings. The number of imidazole rings is 1. The number of para-hydroxylation sites is 2. The average Bonchev–Trinajstić information content (AvgIpc) is 2.78. The van der Waals surface area contributed by atoms with Crippen molar-refractivity contribution in [2.75, 3.05) is 5.32 Å². The normalized spacial score (nSPS) is 10.8. The number of nitrogens with one attached hydrogen (secondary N) is 1. The van der Waals surface area contributed by atoms with Crippen LogP contribution in [0.2, 0.25) is 0 Å². The second kappa shape index (κ2) is 4.76. The van der Waals surface area contributed by atoms with Gasteiger partial charge in [-0.1, -0.05) is 29.8 Å². The summed E-state index contributed by atoms with van der Waals surface area (Å²) in [5, 5.41) is 3.39. The Labute approximate surface area is 112 Å². The summed E-state index contributed by atoms with van der Waals surface area (Å²) in [5.41, 5.74) is 4.52. The van der Waals surface area contributed by atoms with Gasteiger partial charge in [-0.05, 0) is 38.1 Å². The van der Waals surface area contributed by atoms with Crippen LogP contribution in [-0.2, 0) is 6.54 Å². The molecule has 0 radical (unpaired) electrons. The summed E-state index contributed by atoms with van der Waals surface area (Å²) >= 11 is 0. The highest BCUT2D eigenvalue weighted by molar-refractivity contribution is 5.79. The van der Waals surface area contributed by atoms with E-state index in [1.807, 2.05) is 18.2 Å². The van der Waals surface area contributed by atoms with Crippen LogP contribution < -0.4 is 5.32 Å². The largest absolute Gasteiger partial charge is 0.326 e. The number of aryl methyl sites for hydroxylation is 2. The molecular weight excluding hydrogens is 234 g/mol. The fourth-order valence-corrected chi connectivity index (χ4v) is 2.26. The first-order valence-electron chi connectivity index (χ1n) is 6.57. The van der Waals surface area contributed by atoms with Gasteiger partial charge in [-0.15, -0.1) is 0 Å². The van der Waals surface area contributed by atoms with Gasteiger partial charge in [0.25, 0.3) is 0 Å². The molecule has 0 unspecified atom stereocenters. The average molecular weight is 251 g/mol. The summed E-state index contributed by atoms with van der Waals surface area (Å²) < 4.78 is 2.19. The van der Waals surface area contributed by atoms with Gasteiger partial charge in [0.15, 0.2) is 0 Å². The van der Waals surface area contributed by atoms with Gasteiger partial charge in [0, 0.05) is 12.2 Å². The van der Waals surface area contributed by atoms with Crippen molar-refractivity contribution in [3.05, 3.63) is 54.1 Å². The van der Waals surface area contributed by atoms with E-state index in [1.165, 1.54) is 11.1 Å². The minimum absolute atomic E-state index is 0.896. The Morgan fingerprint density at radius 1 is 1.05 bits per heavy atom. The van der Waals surface area contributed by atoms with E-state index in [9.17, 15) is 0 Å². The summed E-state index contributed by atoms with van der Waals surface area (Å²) in [6, 6.07) is 16.6. The Bertz CT molecular complexity index is 696. The summed E-state index contributed by atoms with van der Waals surface area (Å²) in [6.07, 6.45) is 0. The van der Waals surface area contributed by atoms with E-state index >= 15 is 0 Å². The SMILES string of the molecule is CCn1c(Nc2ccc(C)cc2)nc2ccccc21. The number of aromatic nitrogens is 2. The second-order valence-electron chi connectivity index (χ2n) is 4.66. The highest BCUT2D eigenvalue weighted by atomic mass is 15.2. The number of nitrogens with zero attached hydrogens (tertiary/aromatic N) is 2. The number of rotatable bonds is 3. The zero-order valence-electron chi connectivity index (χ0n) is 11.2. The van der Waals surface area contributed by atoms with Crippen LogP contribution in [0.15, 0.2) is 48.5 Å². The number of hydrogen-bond acceptors (Lipinski definition) is 2. The van der Waals surface area contributed by atoms with Crippen LogP contribution in [-0.4, -0.2) is 9.55 Å². The zero-order chi connectivity index (χ0) is 13.2. The van der Waals surface area contributed by atoms with Gasteiger partial charge in [-0.3, -0.25) is 0 Å². The molecule has 3 nitrogen and oxygen atoms in total. The molecule has 96 valence electrons. The van der Waals surface area contributed by atoms with Crippen molar-refractivity contribution in [1.29, 1.82) is 0 Å². The van der Waals surface area contributed by atoms with E-state index in [1.54, 1.807) is 0 Å². The molecule has 0 aliphatic rings. The first kappa shape index (κ1) is 11.8. The summed E-state index contributed by atoms with van der Waals surface area (Å²) in [4.78, 5) is 4.65. The Hall–Kier alpha value is -2.29. The van der Waals surface area contributed by atoms with E-state index in [4.69, 9.17) is 0 Å². The quantitative estimate of drug-likeness (QED) is 0.759. The van der Waals surface area contributed by atoms with Gasteiger partial charge in [0.05, 0.1) is 11.0 Å². The van der Waals surface area contributed by atoms with Crippen LogP contribution in [0, 0.1) is 6.92 Å². The van der Waals surface area contributed by atoms with Crippen molar-refractivity contribution in [3.8, 4) is 0 Å². The number of hydrogen-bond donors (Lipinski definition) is 1. The molecule has 0 saturated heterocycles. The molecule has 0 spiro atoms. The maximum Gasteiger partial charge on any atom is 0.208 e. The predicted octanol–water partition coefficient (Wildman–Crippen LogP) is 4.11. The maximum absolute atomic E-state index is 4.65. The molecule has 0 aliphatic heterocycles. The molecule has 3 heteroatoms. The lowest BCUT2D eigenvalue weighted by atomic mass is 10.2. The molecule has 1 heterocycles. The Balaban J connectivity index is 2.02. The van der Waals surface area contributed by atoms with Crippen LogP contribution in [0.3, 0.4) is 0 Å². The molecule has 0 fully saturated rings. The van der Waals surface area contributed by atoms with Crippen LogP contribution >= 0.6 is 0 Å². The summed E-state index contributed by atoms with van der Waals surface area (Å²) in [7, 11) is 0. The molecule has 1 aromatic heterocycles.